The second-order valence-electron chi connectivity index (χ2n) is 7.67. The predicted octanol–water partition coefficient (Wildman–Crippen LogP) is 1.41. The third-order valence-corrected chi connectivity index (χ3v) is 5.11. The number of carbonyl (C=O) groups is 2. The van der Waals surface area contributed by atoms with Crippen LogP contribution >= 0.6 is 24.0 Å². The number of amides is 1. The van der Waals surface area contributed by atoms with Crippen molar-refractivity contribution in [2.45, 2.75) is 13.5 Å². The lowest BCUT2D eigenvalue weighted by atomic mass is 9.99. The lowest BCUT2D eigenvalue weighted by Gasteiger charge is -2.21. The zero-order chi connectivity index (χ0) is 21.4. The number of benzene rings is 1. The van der Waals surface area contributed by atoms with Crippen LogP contribution in [0, 0.1) is 11.8 Å². The second kappa shape index (κ2) is 12.7. The summed E-state index contributed by atoms with van der Waals surface area (Å²) in [7, 11) is 7.10. The van der Waals surface area contributed by atoms with Crippen LogP contribution in [0.4, 0.5) is 0 Å². The highest BCUT2D eigenvalue weighted by Crippen LogP contribution is 2.24. The maximum atomic E-state index is 12.3. The molecule has 0 aromatic heterocycles. The topological polar surface area (TPSA) is 86.3 Å². The standard InChI is InChI=1S/C21H33N5O3.HI/c1-15-13-26(14-18(15)20(28)29-5)21(22-2)24-12-16-7-6-8-17(11-16)19(27)23-9-10-25(3)4;/h6-8,11,15,18H,9-10,12-14H2,1-5H3,(H,22,24)(H,23,27);1H. The number of carbonyl (C=O) groups excluding carboxylic acids is 2. The molecule has 1 fully saturated rings. The molecule has 2 N–H and O–H groups in total. The van der Waals surface area contributed by atoms with E-state index in [1.54, 1.807) is 7.05 Å². The lowest BCUT2D eigenvalue weighted by Crippen LogP contribution is -2.40. The number of ether oxygens (including phenoxy) is 1. The fraction of sp³-hybridized carbons (Fsp3) is 0.571. The number of rotatable bonds is 7. The molecule has 0 radical (unpaired) electrons. The van der Waals surface area contributed by atoms with Crippen LogP contribution < -0.4 is 10.6 Å². The van der Waals surface area contributed by atoms with E-state index in [0.29, 0.717) is 25.2 Å². The van der Waals surface area contributed by atoms with Crippen LogP contribution in [-0.4, -0.2) is 82.1 Å². The SMILES string of the molecule is CN=C(NCc1cccc(C(=O)NCCN(C)C)c1)N1CC(C)C(C(=O)OC)C1.I. The van der Waals surface area contributed by atoms with Gasteiger partial charge in [-0.05, 0) is 37.7 Å². The predicted molar refractivity (Wildman–Crippen MR) is 129 cm³/mol. The van der Waals surface area contributed by atoms with Crippen LogP contribution in [0.15, 0.2) is 29.3 Å². The molecule has 1 aliphatic rings. The summed E-state index contributed by atoms with van der Waals surface area (Å²) in [6.45, 7) is 5.32. The van der Waals surface area contributed by atoms with Gasteiger partial charge in [-0.2, -0.15) is 0 Å². The van der Waals surface area contributed by atoms with Crippen molar-refractivity contribution in [3.05, 3.63) is 35.4 Å². The molecule has 1 aromatic carbocycles. The molecule has 0 spiro atoms. The summed E-state index contributed by atoms with van der Waals surface area (Å²) < 4.78 is 4.91. The lowest BCUT2D eigenvalue weighted by molar-refractivity contribution is -0.145. The van der Waals surface area contributed by atoms with Crippen molar-refractivity contribution in [1.82, 2.24) is 20.4 Å². The summed E-state index contributed by atoms with van der Waals surface area (Å²) in [6, 6.07) is 7.55. The molecule has 1 heterocycles. The summed E-state index contributed by atoms with van der Waals surface area (Å²) in [5, 5.41) is 6.26. The fourth-order valence-electron chi connectivity index (χ4n) is 3.43. The van der Waals surface area contributed by atoms with E-state index in [-0.39, 0.29) is 47.7 Å². The molecule has 2 rings (SSSR count). The molecule has 168 valence electrons. The minimum absolute atomic E-state index is 0. The number of guanidine groups is 1. The smallest absolute Gasteiger partial charge is 0.310 e. The van der Waals surface area contributed by atoms with Gasteiger partial charge in [-0.3, -0.25) is 14.6 Å². The summed E-state index contributed by atoms with van der Waals surface area (Å²) in [6.07, 6.45) is 0. The Kier molecular flexibility index (Phi) is 11.1. The Balaban J connectivity index is 0.00000450. The van der Waals surface area contributed by atoms with Crippen LogP contribution in [0.1, 0.15) is 22.8 Å². The molecule has 1 amide bonds. The summed E-state index contributed by atoms with van der Waals surface area (Å²) >= 11 is 0. The average molecular weight is 531 g/mol. The van der Waals surface area contributed by atoms with E-state index in [9.17, 15) is 9.59 Å². The molecule has 0 bridgehead atoms. The number of aliphatic imine (C=N–C) groups is 1. The number of hydrogen-bond donors (Lipinski definition) is 2. The first-order valence-electron chi connectivity index (χ1n) is 9.91. The van der Waals surface area contributed by atoms with Crippen molar-refractivity contribution < 1.29 is 14.3 Å². The molecule has 2 atom stereocenters. The Morgan fingerprint density at radius 1 is 1.27 bits per heavy atom. The Hall–Kier alpha value is -1.88. The summed E-state index contributed by atoms with van der Waals surface area (Å²) in [5.41, 5.74) is 1.63. The number of nitrogens with one attached hydrogen (secondary N) is 2. The first kappa shape index (κ1) is 26.2. The van der Waals surface area contributed by atoms with Crippen LogP contribution in [-0.2, 0) is 16.1 Å². The quantitative estimate of drug-likeness (QED) is 0.240. The van der Waals surface area contributed by atoms with Gasteiger partial charge in [0.05, 0.1) is 13.0 Å². The third-order valence-electron chi connectivity index (χ3n) is 5.11. The third kappa shape index (κ3) is 7.42. The van der Waals surface area contributed by atoms with Gasteiger partial charge in [0.15, 0.2) is 5.96 Å². The molecule has 2 unspecified atom stereocenters. The molecule has 1 saturated heterocycles. The highest BCUT2D eigenvalue weighted by molar-refractivity contribution is 14.0. The molecule has 1 aliphatic heterocycles. The maximum absolute atomic E-state index is 12.3. The highest BCUT2D eigenvalue weighted by atomic mass is 127. The fourth-order valence-corrected chi connectivity index (χ4v) is 3.43. The van der Waals surface area contributed by atoms with Gasteiger partial charge in [0.2, 0.25) is 0 Å². The Labute approximate surface area is 196 Å². The van der Waals surface area contributed by atoms with Crippen molar-refractivity contribution >= 4 is 41.8 Å². The molecule has 0 saturated carbocycles. The van der Waals surface area contributed by atoms with E-state index in [1.807, 2.05) is 50.2 Å². The van der Waals surface area contributed by atoms with E-state index >= 15 is 0 Å². The molecule has 30 heavy (non-hydrogen) atoms. The zero-order valence-electron chi connectivity index (χ0n) is 18.5. The second-order valence-corrected chi connectivity index (χ2v) is 7.67. The molecule has 8 nitrogen and oxygen atoms in total. The Morgan fingerprint density at radius 2 is 2.00 bits per heavy atom. The number of esters is 1. The average Bonchev–Trinajstić information content (AvgIpc) is 3.09. The van der Waals surface area contributed by atoms with E-state index in [0.717, 1.165) is 24.6 Å². The van der Waals surface area contributed by atoms with E-state index in [4.69, 9.17) is 4.74 Å². The minimum atomic E-state index is -0.177. The number of nitrogens with zero attached hydrogens (tertiary/aromatic N) is 3. The van der Waals surface area contributed by atoms with Crippen molar-refractivity contribution in [2.75, 3.05) is 54.4 Å². The number of halogens is 1. The first-order valence-corrected chi connectivity index (χ1v) is 9.91. The zero-order valence-corrected chi connectivity index (χ0v) is 20.8. The van der Waals surface area contributed by atoms with Crippen molar-refractivity contribution in [3.63, 3.8) is 0 Å². The van der Waals surface area contributed by atoms with Crippen molar-refractivity contribution in [1.29, 1.82) is 0 Å². The number of likely N-dealkylation sites (N-methyl/N-ethyl adjacent to an activating group) is 1. The summed E-state index contributed by atoms with van der Waals surface area (Å²) in [4.78, 5) is 32.7. The molecule has 1 aromatic rings. The van der Waals surface area contributed by atoms with Crippen molar-refractivity contribution in [3.8, 4) is 0 Å². The van der Waals surface area contributed by atoms with Gasteiger partial charge in [-0.1, -0.05) is 19.1 Å². The number of hydrogen-bond acceptors (Lipinski definition) is 5. The van der Waals surface area contributed by atoms with Gasteiger partial charge in [0.25, 0.3) is 5.91 Å². The summed E-state index contributed by atoms with van der Waals surface area (Å²) in [5.74, 6) is 0.544. The van der Waals surface area contributed by atoms with Crippen LogP contribution in [0.3, 0.4) is 0 Å². The monoisotopic (exact) mass is 531 g/mol. The van der Waals surface area contributed by atoms with Gasteiger partial charge >= 0.3 is 5.97 Å². The molecule has 0 aliphatic carbocycles. The van der Waals surface area contributed by atoms with Gasteiger partial charge in [0, 0.05) is 45.3 Å². The molecular weight excluding hydrogens is 497 g/mol. The molecule has 9 heteroatoms. The minimum Gasteiger partial charge on any atom is -0.469 e. The Morgan fingerprint density at radius 3 is 2.63 bits per heavy atom. The number of likely N-dealkylation sites (tertiary alicyclic amines) is 1. The first-order chi connectivity index (χ1) is 13.8. The van der Waals surface area contributed by atoms with Crippen molar-refractivity contribution in [2.24, 2.45) is 16.8 Å². The van der Waals surface area contributed by atoms with Crippen LogP contribution in [0.2, 0.25) is 0 Å². The molecular formula is C21H34IN5O3. The van der Waals surface area contributed by atoms with Gasteiger partial charge in [-0.25, -0.2) is 0 Å². The normalized spacial score (nSPS) is 18.7. The van der Waals surface area contributed by atoms with Gasteiger partial charge in [0.1, 0.15) is 0 Å². The van der Waals surface area contributed by atoms with E-state index in [1.165, 1.54) is 7.11 Å². The van der Waals surface area contributed by atoms with Gasteiger partial charge < -0.3 is 25.2 Å². The maximum Gasteiger partial charge on any atom is 0.310 e. The highest BCUT2D eigenvalue weighted by Gasteiger charge is 2.36. The van der Waals surface area contributed by atoms with E-state index < -0.39 is 0 Å². The van der Waals surface area contributed by atoms with Crippen LogP contribution in [0.25, 0.3) is 0 Å². The van der Waals surface area contributed by atoms with Gasteiger partial charge in [-0.15, -0.1) is 24.0 Å². The largest absolute Gasteiger partial charge is 0.469 e. The van der Waals surface area contributed by atoms with E-state index in [2.05, 4.69) is 20.5 Å². The number of methoxy groups -OCH3 is 1. The van der Waals surface area contributed by atoms with Crippen LogP contribution in [0.5, 0.6) is 0 Å². The Bertz CT molecular complexity index is 741.